The Bertz CT molecular complexity index is 972. The molecular weight excluding hydrogens is 707 g/mol. The van der Waals surface area contributed by atoms with Gasteiger partial charge in [-0.1, -0.05) is 185 Å². The van der Waals surface area contributed by atoms with E-state index in [2.05, 4.69) is 55.6 Å². The highest BCUT2D eigenvalue weighted by Gasteiger charge is 2.44. The van der Waals surface area contributed by atoms with E-state index in [1.165, 1.54) is 109 Å². The van der Waals surface area contributed by atoms with Crippen LogP contribution in [0.2, 0.25) is 0 Å². The fourth-order valence-corrected chi connectivity index (χ4v) is 7.29. The lowest BCUT2D eigenvalue weighted by atomic mass is 9.99. The van der Waals surface area contributed by atoms with Crippen molar-refractivity contribution in [2.24, 2.45) is 0 Å². The summed E-state index contributed by atoms with van der Waals surface area (Å²) in [6.07, 6.45) is 38.7. The molecule has 7 unspecified atom stereocenters. The van der Waals surface area contributed by atoms with Crippen LogP contribution in [0.5, 0.6) is 0 Å². The van der Waals surface area contributed by atoms with Crippen LogP contribution in [0.25, 0.3) is 0 Å². The third kappa shape index (κ3) is 27.9. The zero-order chi connectivity index (χ0) is 40.9. The van der Waals surface area contributed by atoms with Gasteiger partial charge in [0, 0.05) is 6.42 Å². The molecule has 0 saturated carbocycles. The molecule has 1 saturated heterocycles. The number of unbranched alkanes of at least 4 members (excludes halogenated alkanes) is 22. The van der Waals surface area contributed by atoms with Gasteiger partial charge < -0.3 is 40.3 Å². The van der Waals surface area contributed by atoms with Crippen molar-refractivity contribution in [3.8, 4) is 0 Å². The van der Waals surface area contributed by atoms with E-state index in [9.17, 15) is 30.3 Å². The summed E-state index contributed by atoms with van der Waals surface area (Å²) in [6.45, 7) is 3.70. The summed E-state index contributed by atoms with van der Waals surface area (Å²) in [5.41, 5.74) is 0. The first-order valence-corrected chi connectivity index (χ1v) is 23.2. The smallest absolute Gasteiger partial charge is 0.220 e. The summed E-state index contributed by atoms with van der Waals surface area (Å²) in [6, 6.07) is -0.733. The molecule has 1 amide bonds. The number of amides is 1. The van der Waals surface area contributed by atoms with Crippen molar-refractivity contribution < 1.29 is 39.8 Å². The molecule has 0 radical (unpaired) electrons. The van der Waals surface area contributed by atoms with E-state index in [0.29, 0.717) is 12.8 Å². The Labute approximate surface area is 342 Å². The molecule has 56 heavy (non-hydrogen) atoms. The van der Waals surface area contributed by atoms with Gasteiger partial charge in [-0.3, -0.25) is 4.79 Å². The van der Waals surface area contributed by atoms with Crippen LogP contribution in [-0.4, -0.2) is 87.5 Å². The zero-order valence-electron chi connectivity index (χ0n) is 35.9. The Hall–Kier alpha value is -1.59. The van der Waals surface area contributed by atoms with Crippen molar-refractivity contribution in [1.82, 2.24) is 5.32 Å². The Morgan fingerprint density at radius 1 is 0.625 bits per heavy atom. The maximum Gasteiger partial charge on any atom is 0.220 e. The van der Waals surface area contributed by atoms with E-state index in [-0.39, 0.29) is 12.5 Å². The Balaban J connectivity index is 2.32. The predicted molar refractivity (Wildman–Crippen MR) is 230 cm³/mol. The lowest BCUT2D eigenvalue weighted by Crippen LogP contribution is -2.60. The lowest BCUT2D eigenvalue weighted by Gasteiger charge is -2.40. The topological polar surface area (TPSA) is 149 Å². The molecule has 0 aromatic carbocycles. The van der Waals surface area contributed by atoms with Crippen molar-refractivity contribution in [3.05, 3.63) is 36.5 Å². The maximum absolute atomic E-state index is 12.9. The summed E-state index contributed by atoms with van der Waals surface area (Å²) in [7, 11) is 0. The van der Waals surface area contributed by atoms with Gasteiger partial charge in [-0.2, -0.15) is 0 Å². The van der Waals surface area contributed by atoms with Crippen LogP contribution in [-0.2, 0) is 14.3 Å². The standard InChI is InChI=1S/C47H87NO8/c1-3-5-7-9-11-13-15-17-18-19-20-21-22-23-25-26-28-30-32-34-36-41(50)40(39-55-47-46(54)45(53)44(52)42(38-49)56-47)48-43(51)37-35-33-31-29-27-24-16-14-12-10-8-6-4-2/h6,8,12,14,24,27,40-42,44-47,49-50,52-54H,3-5,7,9-11,13,15-23,25-26,28-39H2,1-2H3,(H,48,51)/b8-6-,14-12-,27-24-. The van der Waals surface area contributed by atoms with Crippen LogP contribution >= 0.6 is 0 Å². The third-order valence-corrected chi connectivity index (χ3v) is 11.0. The van der Waals surface area contributed by atoms with E-state index < -0.39 is 49.5 Å². The van der Waals surface area contributed by atoms with Crippen LogP contribution in [0.3, 0.4) is 0 Å². The molecule has 1 aliphatic heterocycles. The van der Waals surface area contributed by atoms with Crippen LogP contribution in [0.1, 0.15) is 200 Å². The molecule has 0 aromatic rings. The van der Waals surface area contributed by atoms with E-state index in [4.69, 9.17) is 9.47 Å². The maximum atomic E-state index is 12.9. The SMILES string of the molecule is CC/C=C\C/C=C\C/C=C\CCCCCC(=O)NC(COC1OC(CO)C(O)C(O)C1O)C(O)CCCCCCCCCCCCCCCCCCCCCC. The van der Waals surface area contributed by atoms with Crippen LogP contribution in [0.15, 0.2) is 36.5 Å². The monoisotopic (exact) mass is 794 g/mol. The number of carbonyl (C=O) groups is 1. The van der Waals surface area contributed by atoms with E-state index in [1.807, 2.05) is 0 Å². The molecule has 7 atom stereocenters. The molecule has 1 fully saturated rings. The number of allylic oxidation sites excluding steroid dienone is 6. The number of aliphatic hydroxyl groups excluding tert-OH is 5. The average molecular weight is 794 g/mol. The normalized spacial score (nSPS) is 21.4. The van der Waals surface area contributed by atoms with Gasteiger partial charge in [-0.25, -0.2) is 0 Å². The average Bonchev–Trinajstić information content (AvgIpc) is 3.20. The fraction of sp³-hybridized carbons (Fsp3) is 0.851. The molecule has 9 nitrogen and oxygen atoms in total. The van der Waals surface area contributed by atoms with Crippen LogP contribution in [0.4, 0.5) is 0 Å². The van der Waals surface area contributed by atoms with Gasteiger partial charge in [-0.15, -0.1) is 0 Å². The summed E-state index contributed by atoms with van der Waals surface area (Å²) in [4.78, 5) is 12.9. The van der Waals surface area contributed by atoms with Gasteiger partial charge in [0.1, 0.15) is 24.4 Å². The number of carbonyl (C=O) groups excluding carboxylic acids is 1. The van der Waals surface area contributed by atoms with E-state index in [0.717, 1.165) is 64.2 Å². The second-order valence-electron chi connectivity index (χ2n) is 16.2. The highest BCUT2D eigenvalue weighted by Crippen LogP contribution is 2.23. The van der Waals surface area contributed by atoms with Gasteiger partial charge in [0.05, 0.1) is 25.4 Å². The highest BCUT2D eigenvalue weighted by molar-refractivity contribution is 5.76. The summed E-state index contributed by atoms with van der Waals surface area (Å²) in [5, 5.41) is 54.3. The van der Waals surface area contributed by atoms with Crippen molar-refractivity contribution in [3.63, 3.8) is 0 Å². The molecule has 328 valence electrons. The molecular formula is C47H87NO8. The van der Waals surface area contributed by atoms with Gasteiger partial charge in [0.2, 0.25) is 5.91 Å². The van der Waals surface area contributed by atoms with Crippen LogP contribution < -0.4 is 5.32 Å². The highest BCUT2D eigenvalue weighted by atomic mass is 16.7. The quantitative estimate of drug-likeness (QED) is 0.0268. The first-order chi connectivity index (χ1) is 27.3. The van der Waals surface area contributed by atoms with Gasteiger partial charge in [-0.05, 0) is 44.9 Å². The van der Waals surface area contributed by atoms with E-state index in [1.54, 1.807) is 0 Å². The molecule has 0 bridgehead atoms. The summed E-state index contributed by atoms with van der Waals surface area (Å²) < 4.78 is 11.2. The first kappa shape index (κ1) is 52.4. The van der Waals surface area contributed by atoms with Gasteiger partial charge in [0.15, 0.2) is 6.29 Å². The number of ether oxygens (including phenoxy) is 2. The largest absolute Gasteiger partial charge is 0.394 e. The van der Waals surface area contributed by atoms with Crippen molar-refractivity contribution in [1.29, 1.82) is 0 Å². The minimum atomic E-state index is -1.56. The Kier molecular flexibility index (Phi) is 35.3. The van der Waals surface area contributed by atoms with Gasteiger partial charge >= 0.3 is 0 Å². The minimum Gasteiger partial charge on any atom is -0.394 e. The predicted octanol–water partition coefficient (Wildman–Crippen LogP) is 9.67. The zero-order valence-corrected chi connectivity index (χ0v) is 35.9. The van der Waals surface area contributed by atoms with Crippen molar-refractivity contribution >= 4 is 5.91 Å². The number of hydrogen-bond acceptors (Lipinski definition) is 8. The molecule has 9 heteroatoms. The van der Waals surface area contributed by atoms with Crippen molar-refractivity contribution in [2.45, 2.75) is 243 Å². The molecule has 6 N–H and O–H groups in total. The third-order valence-electron chi connectivity index (χ3n) is 11.0. The second-order valence-corrected chi connectivity index (χ2v) is 16.2. The summed E-state index contributed by atoms with van der Waals surface area (Å²) in [5.74, 6) is -0.173. The number of rotatable bonds is 38. The Morgan fingerprint density at radius 2 is 1.11 bits per heavy atom. The fourth-order valence-electron chi connectivity index (χ4n) is 7.29. The van der Waals surface area contributed by atoms with Crippen molar-refractivity contribution in [2.75, 3.05) is 13.2 Å². The van der Waals surface area contributed by atoms with Gasteiger partial charge in [0.25, 0.3) is 0 Å². The number of hydrogen-bond donors (Lipinski definition) is 6. The lowest BCUT2D eigenvalue weighted by molar-refractivity contribution is -0.302. The Morgan fingerprint density at radius 3 is 1.62 bits per heavy atom. The molecule has 0 spiro atoms. The molecule has 0 aromatic heterocycles. The molecule has 1 heterocycles. The van der Waals surface area contributed by atoms with E-state index >= 15 is 0 Å². The number of aliphatic hydroxyl groups is 5. The molecule has 0 aliphatic carbocycles. The first-order valence-electron chi connectivity index (χ1n) is 23.2. The molecule has 1 rings (SSSR count). The molecule has 1 aliphatic rings. The second kappa shape index (κ2) is 37.7. The van der Waals surface area contributed by atoms with Crippen LogP contribution in [0, 0.1) is 0 Å². The summed E-state index contributed by atoms with van der Waals surface area (Å²) >= 11 is 0. The number of nitrogens with one attached hydrogen (secondary N) is 1. The minimum absolute atomic E-state index is 0.150.